The normalized spacial score (nSPS) is 36.8. The SMILES string of the molecule is OCC[C@H]1CCN2CCC[C@@H]2C1. The van der Waals surface area contributed by atoms with Gasteiger partial charge in [-0.25, -0.2) is 0 Å². The minimum atomic E-state index is 0.386. The second-order valence-corrected chi connectivity index (χ2v) is 4.23. The van der Waals surface area contributed by atoms with Gasteiger partial charge in [0, 0.05) is 12.6 Å². The van der Waals surface area contributed by atoms with E-state index in [4.69, 9.17) is 5.11 Å². The lowest BCUT2D eigenvalue weighted by molar-refractivity contribution is 0.132. The predicted octanol–water partition coefficient (Wildman–Crippen LogP) is 1.24. The first-order chi connectivity index (χ1) is 5.90. The largest absolute Gasteiger partial charge is 0.396 e. The zero-order valence-electron chi connectivity index (χ0n) is 7.71. The zero-order chi connectivity index (χ0) is 8.39. The van der Waals surface area contributed by atoms with Gasteiger partial charge in [0.2, 0.25) is 0 Å². The molecule has 0 saturated carbocycles. The molecule has 2 rings (SSSR count). The van der Waals surface area contributed by atoms with E-state index in [1.54, 1.807) is 0 Å². The van der Waals surface area contributed by atoms with Crippen molar-refractivity contribution in [2.24, 2.45) is 5.92 Å². The summed E-state index contributed by atoms with van der Waals surface area (Å²) in [5, 5.41) is 8.85. The van der Waals surface area contributed by atoms with Gasteiger partial charge < -0.3 is 10.0 Å². The van der Waals surface area contributed by atoms with Crippen LogP contribution in [0.5, 0.6) is 0 Å². The molecule has 0 aromatic carbocycles. The third-order valence-electron chi connectivity index (χ3n) is 3.47. The van der Waals surface area contributed by atoms with E-state index in [0.29, 0.717) is 6.61 Å². The zero-order valence-corrected chi connectivity index (χ0v) is 7.71. The molecule has 0 aromatic rings. The Balaban J connectivity index is 1.84. The number of piperidine rings is 1. The molecule has 0 aliphatic carbocycles. The van der Waals surface area contributed by atoms with Crippen LogP contribution in [0.15, 0.2) is 0 Å². The second kappa shape index (κ2) is 3.75. The highest BCUT2D eigenvalue weighted by Gasteiger charge is 2.30. The molecule has 2 aliphatic heterocycles. The molecule has 2 aliphatic rings. The maximum atomic E-state index is 8.85. The molecule has 2 heterocycles. The number of aliphatic hydroxyl groups is 1. The van der Waals surface area contributed by atoms with Gasteiger partial charge in [0.25, 0.3) is 0 Å². The summed E-state index contributed by atoms with van der Waals surface area (Å²) >= 11 is 0. The average molecular weight is 169 g/mol. The Morgan fingerprint density at radius 2 is 2.17 bits per heavy atom. The standard InChI is InChI=1S/C10H19NO/c12-7-4-9-3-6-11-5-1-2-10(11)8-9/h9-10,12H,1-8H2/t9-,10-/m1/s1. The molecule has 0 radical (unpaired) electrons. The molecule has 2 heteroatoms. The fourth-order valence-electron chi connectivity index (χ4n) is 2.75. The van der Waals surface area contributed by atoms with E-state index in [1.807, 2.05) is 0 Å². The highest BCUT2D eigenvalue weighted by Crippen LogP contribution is 2.31. The summed E-state index contributed by atoms with van der Waals surface area (Å²) in [5.74, 6) is 0.814. The van der Waals surface area contributed by atoms with Gasteiger partial charge >= 0.3 is 0 Å². The van der Waals surface area contributed by atoms with E-state index in [9.17, 15) is 0 Å². The minimum absolute atomic E-state index is 0.386. The van der Waals surface area contributed by atoms with Crippen LogP contribution in [0.2, 0.25) is 0 Å². The molecule has 12 heavy (non-hydrogen) atoms. The van der Waals surface area contributed by atoms with Crippen molar-refractivity contribution in [1.82, 2.24) is 4.90 Å². The van der Waals surface area contributed by atoms with Crippen LogP contribution in [-0.4, -0.2) is 35.7 Å². The van der Waals surface area contributed by atoms with E-state index in [2.05, 4.69) is 4.90 Å². The summed E-state index contributed by atoms with van der Waals surface area (Å²) in [4.78, 5) is 2.63. The molecule has 0 aromatic heterocycles. The number of hydrogen-bond acceptors (Lipinski definition) is 2. The van der Waals surface area contributed by atoms with Gasteiger partial charge in [-0.3, -0.25) is 0 Å². The van der Waals surface area contributed by atoms with Crippen molar-refractivity contribution in [3.63, 3.8) is 0 Å². The number of nitrogens with zero attached hydrogens (tertiary/aromatic N) is 1. The van der Waals surface area contributed by atoms with Crippen molar-refractivity contribution >= 4 is 0 Å². The Bertz CT molecular complexity index is 149. The molecule has 0 bridgehead atoms. The van der Waals surface area contributed by atoms with E-state index in [0.717, 1.165) is 18.4 Å². The Labute approximate surface area is 74.6 Å². The van der Waals surface area contributed by atoms with Crippen molar-refractivity contribution in [3.05, 3.63) is 0 Å². The number of rotatable bonds is 2. The summed E-state index contributed by atoms with van der Waals surface area (Å²) in [6.07, 6.45) is 6.50. The molecule has 2 nitrogen and oxygen atoms in total. The van der Waals surface area contributed by atoms with Gasteiger partial charge in [-0.2, -0.15) is 0 Å². The Morgan fingerprint density at radius 3 is 3.00 bits per heavy atom. The quantitative estimate of drug-likeness (QED) is 0.672. The van der Waals surface area contributed by atoms with Crippen LogP contribution in [0.4, 0.5) is 0 Å². The number of hydrogen-bond donors (Lipinski definition) is 1. The first kappa shape index (κ1) is 8.52. The van der Waals surface area contributed by atoms with E-state index in [1.165, 1.54) is 38.8 Å². The van der Waals surface area contributed by atoms with Crippen molar-refractivity contribution in [1.29, 1.82) is 0 Å². The molecule has 70 valence electrons. The van der Waals surface area contributed by atoms with E-state index in [-0.39, 0.29) is 0 Å². The molecular weight excluding hydrogens is 150 g/mol. The summed E-state index contributed by atoms with van der Waals surface area (Å²) < 4.78 is 0. The fraction of sp³-hybridized carbons (Fsp3) is 1.00. The van der Waals surface area contributed by atoms with Crippen LogP contribution in [0.3, 0.4) is 0 Å². The first-order valence-electron chi connectivity index (χ1n) is 5.25. The van der Waals surface area contributed by atoms with Crippen molar-refractivity contribution < 1.29 is 5.11 Å². The monoisotopic (exact) mass is 169 g/mol. The van der Waals surface area contributed by atoms with Gasteiger partial charge in [-0.05, 0) is 51.1 Å². The maximum absolute atomic E-state index is 8.85. The van der Waals surface area contributed by atoms with Crippen molar-refractivity contribution in [2.75, 3.05) is 19.7 Å². The van der Waals surface area contributed by atoms with Gasteiger partial charge in [0.15, 0.2) is 0 Å². The minimum Gasteiger partial charge on any atom is -0.396 e. The Kier molecular flexibility index (Phi) is 2.66. The van der Waals surface area contributed by atoms with Crippen LogP contribution >= 0.6 is 0 Å². The lowest BCUT2D eigenvalue weighted by Crippen LogP contribution is -2.38. The lowest BCUT2D eigenvalue weighted by atomic mass is 9.89. The summed E-state index contributed by atoms with van der Waals surface area (Å²) in [5.41, 5.74) is 0. The smallest absolute Gasteiger partial charge is 0.0433 e. The highest BCUT2D eigenvalue weighted by atomic mass is 16.3. The number of aliphatic hydroxyl groups excluding tert-OH is 1. The molecule has 1 N–H and O–H groups in total. The van der Waals surface area contributed by atoms with Crippen LogP contribution in [0.25, 0.3) is 0 Å². The average Bonchev–Trinajstić information content (AvgIpc) is 2.51. The molecule has 2 fully saturated rings. The van der Waals surface area contributed by atoms with Gasteiger partial charge in [0.1, 0.15) is 0 Å². The van der Waals surface area contributed by atoms with Gasteiger partial charge in [0.05, 0.1) is 0 Å². The summed E-state index contributed by atoms with van der Waals surface area (Å²) in [6, 6.07) is 0.871. The molecule has 2 atom stereocenters. The first-order valence-corrected chi connectivity index (χ1v) is 5.25. The second-order valence-electron chi connectivity index (χ2n) is 4.23. The molecule has 0 spiro atoms. The molecule has 0 amide bonds. The predicted molar refractivity (Wildman–Crippen MR) is 49.0 cm³/mol. The van der Waals surface area contributed by atoms with Crippen LogP contribution in [-0.2, 0) is 0 Å². The molecule has 0 unspecified atom stereocenters. The molecular formula is C10H19NO. The van der Waals surface area contributed by atoms with E-state index >= 15 is 0 Å². The lowest BCUT2D eigenvalue weighted by Gasteiger charge is -2.34. The van der Waals surface area contributed by atoms with Crippen LogP contribution < -0.4 is 0 Å². The fourth-order valence-corrected chi connectivity index (χ4v) is 2.75. The Hall–Kier alpha value is -0.0800. The van der Waals surface area contributed by atoms with Crippen molar-refractivity contribution in [2.45, 2.75) is 38.1 Å². The number of fused-ring (bicyclic) bond motifs is 1. The summed E-state index contributed by atoms with van der Waals surface area (Å²) in [7, 11) is 0. The van der Waals surface area contributed by atoms with Crippen LogP contribution in [0, 0.1) is 5.92 Å². The highest BCUT2D eigenvalue weighted by molar-refractivity contribution is 4.86. The van der Waals surface area contributed by atoms with Gasteiger partial charge in [-0.1, -0.05) is 0 Å². The van der Waals surface area contributed by atoms with E-state index < -0.39 is 0 Å². The van der Waals surface area contributed by atoms with Crippen molar-refractivity contribution in [3.8, 4) is 0 Å². The molecule has 2 saturated heterocycles. The van der Waals surface area contributed by atoms with Gasteiger partial charge in [-0.15, -0.1) is 0 Å². The summed E-state index contributed by atoms with van der Waals surface area (Å²) in [6.45, 7) is 3.00. The third kappa shape index (κ3) is 1.64. The topological polar surface area (TPSA) is 23.5 Å². The third-order valence-corrected chi connectivity index (χ3v) is 3.47. The van der Waals surface area contributed by atoms with Crippen LogP contribution in [0.1, 0.15) is 32.1 Å². The Morgan fingerprint density at radius 1 is 1.25 bits per heavy atom. The maximum Gasteiger partial charge on any atom is 0.0433 e.